The van der Waals surface area contributed by atoms with Crippen LogP contribution in [0.1, 0.15) is 195 Å². The van der Waals surface area contributed by atoms with Crippen LogP contribution in [0.3, 0.4) is 0 Å². The van der Waals surface area contributed by atoms with E-state index in [0.29, 0.717) is 0 Å². The predicted molar refractivity (Wildman–Crippen MR) is 188 cm³/mol. The fraction of sp³-hybridized carbons (Fsp3) is 1.00. The molecule has 0 amide bonds. The maximum Gasteiger partial charge on any atom is 0.0468 e. The van der Waals surface area contributed by atoms with E-state index in [1.165, 1.54) is 167 Å². The molecule has 1 nitrogen and oxygen atoms in total. The molecule has 4 saturated carbocycles. The van der Waals surface area contributed by atoms with Crippen LogP contribution in [0.5, 0.6) is 0 Å². The number of hydrogen-bond donors (Lipinski definition) is 0. The summed E-state index contributed by atoms with van der Waals surface area (Å²) >= 11 is 0. The van der Waals surface area contributed by atoms with Gasteiger partial charge in [0.2, 0.25) is 0 Å². The van der Waals surface area contributed by atoms with Crippen molar-refractivity contribution in [3.05, 3.63) is 0 Å². The van der Waals surface area contributed by atoms with Crippen LogP contribution in [0.25, 0.3) is 0 Å². The van der Waals surface area contributed by atoms with Crippen LogP contribution in [0.15, 0.2) is 0 Å². The number of rotatable bonds is 18. The molecule has 0 bridgehead atoms. The second-order valence-electron chi connectivity index (χ2n) is 17.1. The van der Waals surface area contributed by atoms with Gasteiger partial charge in [0.1, 0.15) is 0 Å². The SMILES string of the molecule is CCCCC[C@H]1CC[C@H](C(CCOCCC([C@H]2CC[C@H](C)CC2)[C@H]2CC[C@H](CCCCC)CC2)[C@H]2CC[C@H](C)CC2)CC1. The molecule has 4 rings (SSSR count). The van der Waals surface area contributed by atoms with Crippen molar-refractivity contribution in [2.45, 2.75) is 195 Å². The second-order valence-corrected chi connectivity index (χ2v) is 17.1. The van der Waals surface area contributed by atoms with Gasteiger partial charge >= 0.3 is 0 Å². The van der Waals surface area contributed by atoms with E-state index < -0.39 is 0 Å². The van der Waals surface area contributed by atoms with E-state index >= 15 is 0 Å². The van der Waals surface area contributed by atoms with Gasteiger partial charge in [0, 0.05) is 13.2 Å². The fourth-order valence-electron chi connectivity index (χ4n) is 10.9. The molecule has 4 aliphatic carbocycles. The van der Waals surface area contributed by atoms with Crippen LogP contribution in [0.4, 0.5) is 0 Å². The van der Waals surface area contributed by atoms with Gasteiger partial charge in [-0.2, -0.15) is 0 Å². The lowest BCUT2D eigenvalue weighted by Gasteiger charge is -2.41. The maximum absolute atomic E-state index is 6.67. The first-order valence-electron chi connectivity index (χ1n) is 20.6. The highest BCUT2D eigenvalue weighted by Gasteiger charge is 2.36. The minimum absolute atomic E-state index is 0.947. The molecule has 1 heteroatoms. The minimum atomic E-state index is 0.947. The fourth-order valence-corrected chi connectivity index (χ4v) is 10.9. The molecule has 0 aromatic carbocycles. The van der Waals surface area contributed by atoms with Gasteiger partial charge in [-0.1, -0.05) is 130 Å². The van der Waals surface area contributed by atoms with E-state index in [4.69, 9.17) is 4.74 Å². The molecule has 0 aromatic heterocycles. The molecular formula is C42H78O. The van der Waals surface area contributed by atoms with Gasteiger partial charge in [-0.25, -0.2) is 0 Å². The van der Waals surface area contributed by atoms with Gasteiger partial charge in [-0.15, -0.1) is 0 Å². The average Bonchev–Trinajstić information content (AvgIpc) is 3.03. The normalized spacial score (nSPS) is 35.4. The summed E-state index contributed by atoms with van der Waals surface area (Å²) in [6, 6.07) is 0. The van der Waals surface area contributed by atoms with Crippen LogP contribution in [0.2, 0.25) is 0 Å². The zero-order valence-electron chi connectivity index (χ0n) is 30.0. The Hall–Kier alpha value is -0.0400. The summed E-state index contributed by atoms with van der Waals surface area (Å²) in [6.45, 7) is 11.8. The molecule has 0 spiro atoms. The third-order valence-corrected chi connectivity index (χ3v) is 13.9. The van der Waals surface area contributed by atoms with E-state index in [1.54, 1.807) is 0 Å². The Balaban J connectivity index is 1.24. The van der Waals surface area contributed by atoms with Gasteiger partial charge in [0.15, 0.2) is 0 Å². The van der Waals surface area contributed by atoms with Crippen LogP contribution in [-0.2, 0) is 4.74 Å². The Morgan fingerprint density at radius 2 is 0.767 bits per heavy atom. The molecular weight excluding hydrogens is 520 g/mol. The highest BCUT2D eigenvalue weighted by atomic mass is 16.5. The summed E-state index contributed by atoms with van der Waals surface area (Å²) in [6.07, 6.45) is 38.5. The molecule has 252 valence electrons. The predicted octanol–water partition coefficient (Wildman–Crippen LogP) is 13.4. The topological polar surface area (TPSA) is 9.23 Å². The number of unbranched alkanes of at least 4 members (excludes halogenated alkanes) is 4. The second kappa shape index (κ2) is 20.3. The summed E-state index contributed by atoms with van der Waals surface area (Å²) < 4.78 is 6.67. The lowest BCUT2D eigenvalue weighted by Crippen LogP contribution is -2.32. The number of ether oxygens (including phenoxy) is 1. The summed E-state index contributed by atoms with van der Waals surface area (Å²) in [5, 5.41) is 0. The standard InChI is InChI=1S/C42H78O/c1-5-7-9-11-35-17-25-39(26-18-35)41(37-21-13-33(3)14-22-37)29-31-43-32-30-42(38-23-15-34(4)16-24-38)40-27-19-36(20-28-40)12-10-8-6-2/h33-42H,5-32H2,1-4H3/t33-,34-,35-,36-,37-,38-,39-,40-,41?,42?. The molecule has 4 aliphatic rings. The molecule has 43 heavy (non-hydrogen) atoms. The van der Waals surface area contributed by atoms with Gasteiger partial charge in [0.25, 0.3) is 0 Å². The first kappa shape index (κ1) is 35.8. The summed E-state index contributed by atoms with van der Waals surface area (Å²) in [4.78, 5) is 0. The van der Waals surface area contributed by atoms with Crippen LogP contribution in [-0.4, -0.2) is 13.2 Å². The number of hydrogen-bond acceptors (Lipinski definition) is 1. The van der Waals surface area contributed by atoms with E-state index in [9.17, 15) is 0 Å². The largest absolute Gasteiger partial charge is 0.381 e. The van der Waals surface area contributed by atoms with Crippen molar-refractivity contribution < 1.29 is 4.74 Å². The smallest absolute Gasteiger partial charge is 0.0468 e. The van der Waals surface area contributed by atoms with Gasteiger partial charge in [0.05, 0.1) is 0 Å². The molecule has 0 N–H and O–H groups in total. The first-order chi connectivity index (χ1) is 21.1. The Bertz CT molecular complexity index is 611. The van der Waals surface area contributed by atoms with Crippen molar-refractivity contribution in [2.24, 2.45) is 59.2 Å². The van der Waals surface area contributed by atoms with Gasteiger partial charge in [-0.05, 0) is 123 Å². The monoisotopic (exact) mass is 599 g/mol. The van der Waals surface area contributed by atoms with Crippen LogP contribution in [0, 0.1) is 59.2 Å². The third kappa shape index (κ3) is 12.2. The lowest BCUT2D eigenvalue weighted by atomic mass is 9.65. The maximum atomic E-state index is 6.67. The van der Waals surface area contributed by atoms with E-state index in [-0.39, 0.29) is 0 Å². The van der Waals surface area contributed by atoms with Gasteiger partial charge in [-0.3, -0.25) is 0 Å². The quantitative estimate of drug-likeness (QED) is 0.143. The molecule has 4 fully saturated rings. The summed E-state index contributed by atoms with van der Waals surface area (Å²) in [7, 11) is 0. The van der Waals surface area contributed by atoms with E-state index in [2.05, 4.69) is 27.7 Å². The molecule has 2 unspecified atom stereocenters. The van der Waals surface area contributed by atoms with Crippen molar-refractivity contribution in [2.75, 3.05) is 13.2 Å². The van der Waals surface area contributed by atoms with Crippen molar-refractivity contribution >= 4 is 0 Å². The Kier molecular flexibility index (Phi) is 16.9. The minimum Gasteiger partial charge on any atom is -0.381 e. The van der Waals surface area contributed by atoms with Crippen molar-refractivity contribution in [1.29, 1.82) is 0 Å². The first-order valence-corrected chi connectivity index (χ1v) is 20.6. The molecule has 0 radical (unpaired) electrons. The van der Waals surface area contributed by atoms with Crippen LogP contribution >= 0.6 is 0 Å². The summed E-state index contributed by atoms with van der Waals surface area (Å²) in [5.41, 5.74) is 0. The third-order valence-electron chi connectivity index (χ3n) is 13.9. The van der Waals surface area contributed by atoms with Crippen molar-refractivity contribution in [3.8, 4) is 0 Å². The zero-order chi connectivity index (χ0) is 30.3. The van der Waals surface area contributed by atoms with E-state index in [1.807, 2.05) is 0 Å². The Morgan fingerprint density at radius 3 is 1.09 bits per heavy atom. The average molecular weight is 599 g/mol. The molecule has 0 heterocycles. The highest BCUT2D eigenvalue weighted by Crippen LogP contribution is 2.46. The molecule has 2 atom stereocenters. The zero-order valence-corrected chi connectivity index (χ0v) is 30.0. The Morgan fingerprint density at radius 1 is 0.442 bits per heavy atom. The highest BCUT2D eigenvalue weighted by molar-refractivity contribution is 4.86. The molecule has 0 saturated heterocycles. The lowest BCUT2D eigenvalue weighted by molar-refractivity contribution is 0.0382. The van der Waals surface area contributed by atoms with E-state index in [0.717, 1.165) is 72.4 Å². The molecule has 0 aliphatic heterocycles. The van der Waals surface area contributed by atoms with Crippen molar-refractivity contribution in [1.82, 2.24) is 0 Å². The van der Waals surface area contributed by atoms with Crippen LogP contribution < -0.4 is 0 Å². The van der Waals surface area contributed by atoms with Gasteiger partial charge < -0.3 is 4.74 Å². The molecule has 0 aromatic rings. The summed E-state index contributed by atoms with van der Waals surface area (Å²) in [5.74, 6) is 9.88. The van der Waals surface area contributed by atoms with Crippen molar-refractivity contribution in [3.63, 3.8) is 0 Å². The Labute approximate surface area is 271 Å².